The number of hydrogen-bond acceptors (Lipinski definition) is 4. The summed E-state index contributed by atoms with van der Waals surface area (Å²) < 4.78 is 12.0. The lowest BCUT2D eigenvalue weighted by Gasteiger charge is -2.21. The lowest BCUT2D eigenvalue weighted by atomic mass is 10.0. The molecule has 0 saturated carbocycles. The first-order valence-electron chi connectivity index (χ1n) is 7.62. The van der Waals surface area contributed by atoms with Crippen LogP contribution < -0.4 is 14.8 Å². The molecule has 1 N–H and O–H groups in total. The smallest absolute Gasteiger partial charge is 0.255 e. The normalized spacial score (nSPS) is 12.6. The third-order valence-corrected chi connectivity index (χ3v) is 4.31. The zero-order valence-electron chi connectivity index (χ0n) is 13.1. The van der Waals surface area contributed by atoms with Crippen LogP contribution in [-0.2, 0) is 0 Å². The third-order valence-electron chi connectivity index (χ3n) is 3.64. The zero-order chi connectivity index (χ0) is 17.1. The van der Waals surface area contributed by atoms with E-state index in [2.05, 4.69) is 27.9 Å². The van der Waals surface area contributed by atoms with Crippen LogP contribution in [0.15, 0.2) is 36.4 Å². The van der Waals surface area contributed by atoms with Crippen LogP contribution in [0.4, 0.5) is 5.69 Å². The number of carbonyl (C=O) groups excluding carboxylic acids is 2. The van der Waals surface area contributed by atoms with Crippen molar-refractivity contribution in [3.8, 4) is 11.5 Å². The predicted octanol–water partition coefficient (Wildman–Crippen LogP) is 3.91. The average molecular weight is 437 g/mol. The number of Topliss-reactive ketones (excluding diaryl/α,β-unsaturated/α-hetero) is 1. The Balaban J connectivity index is 1.96. The van der Waals surface area contributed by atoms with E-state index in [1.807, 2.05) is 12.1 Å². The Morgan fingerprint density at radius 1 is 1.12 bits per heavy atom. The van der Waals surface area contributed by atoms with E-state index < -0.39 is 0 Å². The molecular formula is C18H16INO4. The first-order valence-corrected chi connectivity index (χ1v) is 8.70. The summed E-state index contributed by atoms with van der Waals surface area (Å²) in [5.74, 6) is 0.734. The van der Waals surface area contributed by atoms with Gasteiger partial charge in [-0.3, -0.25) is 9.59 Å². The molecule has 1 aliphatic heterocycles. The molecule has 124 valence electrons. The van der Waals surface area contributed by atoms with Gasteiger partial charge in [-0.2, -0.15) is 0 Å². The molecule has 1 amide bonds. The van der Waals surface area contributed by atoms with Gasteiger partial charge in [-0.1, -0.05) is 13.0 Å². The minimum Gasteiger partial charge on any atom is -0.486 e. The average Bonchev–Trinajstić information content (AvgIpc) is 2.60. The Morgan fingerprint density at radius 3 is 2.50 bits per heavy atom. The van der Waals surface area contributed by atoms with E-state index in [1.54, 1.807) is 31.2 Å². The van der Waals surface area contributed by atoms with Crippen molar-refractivity contribution >= 4 is 40.0 Å². The van der Waals surface area contributed by atoms with E-state index >= 15 is 0 Å². The molecule has 0 atom stereocenters. The maximum absolute atomic E-state index is 12.5. The number of ether oxygens (including phenoxy) is 2. The van der Waals surface area contributed by atoms with E-state index in [9.17, 15) is 9.59 Å². The number of halogens is 1. The van der Waals surface area contributed by atoms with Gasteiger partial charge in [0.05, 0.1) is 5.69 Å². The number of rotatable bonds is 4. The van der Waals surface area contributed by atoms with E-state index in [-0.39, 0.29) is 11.7 Å². The summed E-state index contributed by atoms with van der Waals surface area (Å²) >= 11 is 2.15. The highest BCUT2D eigenvalue weighted by atomic mass is 127. The number of anilines is 1. The summed E-state index contributed by atoms with van der Waals surface area (Å²) in [7, 11) is 0. The first kappa shape index (κ1) is 16.8. The third kappa shape index (κ3) is 3.53. The first-order chi connectivity index (χ1) is 11.6. The Labute approximate surface area is 153 Å². The fourth-order valence-electron chi connectivity index (χ4n) is 2.44. The molecule has 0 radical (unpaired) electrons. The van der Waals surface area contributed by atoms with Crippen LogP contribution in [0, 0.1) is 3.57 Å². The molecule has 0 spiro atoms. The Morgan fingerprint density at radius 2 is 1.83 bits per heavy atom. The minimum absolute atomic E-state index is 0.0649. The Kier molecular flexibility index (Phi) is 5.03. The topological polar surface area (TPSA) is 64.6 Å². The largest absolute Gasteiger partial charge is 0.486 e. The van der Waals surface area contributed by atoms with Crippen molar-refractivity contribution in [2.45, 2.75) is 13.3 Å². The molecule has 1 heterocycles. The van der Waals surface area contributed by atoms with E-state index in [4.69, 9.17) is 9.47 Å². The Bertz CT molecular complexity index is 804. The van der Waals surface area contributed by atoms with Crippen molar-refractivity contribution in [2.75, 3.05) is 18.5 Å². The van der Waals surface area contributed by atoms with Gasteiger partial charge in [0.1, 0.15) is 13.2 Å². The van der Waals surface area contributed by atoms with Crippen LogP contribution in [0.2, 0.25) is 0 Å². The molecule has 0 aromatic heterocycles. The predicted molar refractivity (Wildman–Crippen MR) is 99.2 cm³/mol. The van der Waals surface area contributed by atoms with Crippen molar-refractivity contribution in [1.29, 1.82) is 0 Å². The van der Waals surface area contributed by atoms with E-state index in [1.165, 1.54) is 0 Å². The summed E-state index contributed by atoms with van der Waals surface area (Å²) in [4.78, 5) is 24.7. The van der Waals surface area contributed by atoms with Crippen LogP contribution >= 0.6 is 22.6 Å². The van der Waals surface area contributed by atoms with Crippen molar-refractivity contribution in [3.63, 3.8) is 0 Å². The fraction of sp³-hybridized carbons (Fsp3) is 0.222. The highest BCUT2D eigenvalue weighted by Crippen LogP contribution is 2.36. The maximum Gasteiger partial charge on any atom is 0.255 e. The quantitative estimate of drug-likeness (QED) is 0.582. The van der Waals surface area contributed by atoms with Crippen LogP contribution in [-0.4, -0.2) is 24.9 Å². The minimum atomic E-state index is -0.268. The summed E-state index contributed by atoms with van der Waals surface area (Å²) in [5, 5.41) is 2.82. The molecule has 24 heavy (non-hydrogen) atoms. The number of nitrogens with one attached hydrogen (secondary N) is 1. The number of hydrogen-bond donors (Lipinski definition) is 1. The molecular weight excluding hydrogens is 421 g/mol. The SMILES string of the molecule is CCC(=O)c1cc2c(cc1NC(=O)c1cccc(I)c1)OCCO2. The highest BCUT2D eigenvalue weighted by Gasteiger charge is 2.20. The zero-order valence-corrected chi connectivity index (χ0v) is 15.3. The second-order valence-corrected chi connectivity index (χ2v) is 6.53. The fourth-order valence-corrected chi connectivity index (χ4v) is 2.98. The van der Waals surface area contributed by atoms with Crippen molar-refractivity contribution < 1.29 is 19.1 Å². The van der Waals surface area contributed by atoms with Crippen LogP contribution in [0.1, 0.15) is 34.1 Å². The van der Waals surface area contributed by atoms with Crippen LogP contribution in [0.3, 0.4) is 0 Å². The Hall–Kier alpha value is -2.09. The molecule has 0 bridgehead atoms. The second kappa shape index (κ2) is 7.21. The van der Waals surface area contributed by atoms with Crippen molar-refractivity contribution in [3.05, 3.63) is 51.1 Å². The number of amides is 1. The van der Waals surface area contributed by atoms with Crippen molar-refractivity contribution in [2.24, 2.45) is 0 Å². The lowest BCUT2D eigenvalue weighted by Crippen LogP contribution is -2.19. The van der Waals surface area contributed by atoms with Crippen LogP contribution in [0.5, 0.6) is 11.5 Å². The van der Waals surface area contributed by atoms with Gasteiger partial charge in [0.25, 0.3) is 5.91 Å². The molecule has 5 nitrogen and oxygen atoms in total. The summed E-state index contributed by atoms with van der Waals surface area (Å²) in [6, 6.07) is 10.5. The molecule has 0 unspecified atom stereocenters. The molecule has 1 aliphatic rings. The van der Waals surface area contributed by atoms with Gasteiger partial charge in [0.15, 0.2) is 17.3 Å². The van der Waals surface area contributed by atoms with Gasteiger partial charge in [-0.15, -0.1) is 0 Å². The molecule has 2 aromatic carbocycles. The van der Waals surface area contributed by atoms with Gasteiger partial charge in [-0.25, -0.2) is 0 Å². The summed E-state index contributed by atoms with van der Waals surface area (Å²) in [5.41, 5.74) is 1.40. The van der Waals surface area contributed by atoms with Gasteiger partial charge >= 0.3 is 0 Å². The number of carbonyl (C=O) groups is 2. The summed E-state index contributed by atoms with van der Waals surface area (Å²) in [6.45, 7) is 2.67. The molecule has 3 rings (SSSR count). The second-order valence-electron chi connectivity index (χ2n) is 5.28. The van der Waals surface area contributed by atoms with E-state index in [0.717, 1.165) is 3.57 Å². The monoisotopic (exact) mass is 437 g/mol. The molecule has 2 aromatic rings. The van der Waals surface area contributed by atoms with Gasteiger partial charge in [-0.05, 0) is 46.9 Å². The number of benzene rings is 2. The van der Waals surface area contributed by atoms with Gasteiger partial charge in [0.2, 0.25) is 0 Å². The summed E-state index contributed by atoms with van der Waals surface area (Å²) in [6.07, 6.45) is 0.339. The van der Waals surface area contributed by atoms with E-state index in [0.29, 0.717) is 47.9 Å². The maximum atomic E-state index is 12.5. The van der Waals surface area contributed by atoms with Gasteiger partial charge < -0.3 is 14.8 Å². The van der Waals surface area contributed by atoms with Gasteiger partial charge in [0, 0.05) is 27.2 Å². The highest BCUT2D eigenvalue weighted by molar-refractivity contribution is 14.1. The molecule has 0 aliphatic carbocycles. The molecule has 6 heteroatoms. The number of ketones is 1. The van der Waals surface area contributed by atoms with Crippen LogP contribution in [0.25, 0.3) is 0 Å². The standard InChI is InChI=1S/C18H16INO4/c1-2-15(21)13-9-16-17(24-7-6-23-16)10-14(13)20-18(22)11-4-3-5-12(19)8-11/h3-5,8-10H,2,6-7H2,1H3,(H,20,22). The van der Waals surface area contributed by atoms with Crippen molar-refractivity contribution in [1.82, 2.24) is 0 Å². The lowest BCUT2D eigenvalue weighted by molar-refractivity contribution is 0.0988. The molecule has 0 fully saturated rings. The number of fused-ring (bicyclic) bond motifs is 1. The molecule has 0 saturated heterocycles.